The van der Waals surface area contributed by atoms with Gasteiger partial charge in [0.25, 0.3) is 5.56 Å². The van der Waals surface area contributed by atoms with Crippen molar-refractivity contribution in [1.29, 1.82) is 0 Å². The minimum absolute atomic E-state index is 0.00245. The largest absolute Gasteiger partial charge is 0.358 e. The Labute approximate surface area is 213 Å². The summed E-state index contributed by atoms with van der Waals surface area (Å²) in [5.41, 5.74) is 4.69. The van der Waals surface area contributed by atoms with E-state index in [1.54, 1.807) is 23.2 Å². The molecule has 6 nitrogen and oxygen atoms in total. The fraction of sp³-hybridized carbons (Fsp3) is 0.172. The van der Waals surface area contributed by atoms with Gasteiger partial charge in [-0.25, -0.2) is 0 Å². The van der Waals surface area contributed by atoms with E-state index in [1.165, 1.54) is 0 Å². The molecule has 0 amide bonds. The highest BCUT2D eigenvalue weighted by molar-refractivity contribution is 6.30. The number of benzene rings is 2. The van der Waals surface area contributed by atoms with Gasteiger partial charge >= 0.3 is 0 Å². The van der Waals surface area contributed by atoms with Crippen molar-refractivity contribution < 1.29 is 4.79 Å². The molecule has 0 aliphatic rings. The number of carbonyl (C=O) groups is 1. The Hall–Kier alpha value is -4.03. The van der Waals surface area contributed by atoms with E-state index >= 15 is 0 Å². The number of aromatic nitrogens is 4. The normalized spacial score (nSPS) is 11.1. The van der Waals surface area contributed by atoms with Gasteiger partial charge < -0.3 is 4.98 Å². The van der Waals surface area contributed by atoms with E-state index in [4.69, 9.17) is 11.6 Å². The number of aromatic amines is 1. The topological polar surface area (TPSA) is 80.6 Å². The molecule has 180 valence electrons. The summed E-state index contributed by atoms with van der Waals surface area (Å²) in [5.74, 6) is -0.0157. The first-order valence-corrected chi connectivity index (χ1v) is 12.3. The zero-order valence-corrected chi connectivity index (χ0v) is 20.4. The number of Topliss-reactive ketones (excluding diaryl/α,β-unsaturated/α-hetero) is 1. The predicted molar refractivity (Wildman–Crippen MR) is 142 cm³/mol. The number of halogens is 1. The predicted octanol–water partition coefficient (Wildman–Crippen LogP) is 5.43. The number of rotatable bonds is 9. The standard InChI is InChI=1S/C29H25ClN4O2/c30-23-8-4-5-20(15-23)9-12-27-29(36)34(28(18-32-27)21-6-2-1-3-7-21)19-25(35)11-10-24-16-22-17-31-14-13-26(22)33-24/h1-8,13-18,33H,9-12,19H2. The summed E-state index contributed by atoms with van der Waals surface area (Å²) < 4.78 is 1.56. The molecule has 0 atom stereocenters. The molecule has 0 aliphatic carbocycles. The van der Waals surface area contributed by atoms with Gasteiger partial charge in [-0.3, -0.25) is 24.1 Å². The van der Waals surface area contributed by atoms with Crippen molar-refractivity contribution >= 4 is 28.3 Å². The number of pyridine rings is 1. The summed E-state index contributed by atoms with van der Waals surface area (Å²) in [4.78, 5) is 38.5. The molecule has 5 rings (SSSR count). The second-order valence-corrected chi connectivity index (χ2v) is 9.21. The van der Waals surface area contributed by atoms with Crippen LogP contribution >= 0.6 is 11.6 Å². The molecule has 0 saturated carbocycles. The van der Waals surface area contributed by atoms with Gasteiger partial charge in [0.1, 0.15) is 5.69 Å². The first-order valence-electron chi connectivity index (χ1n) is 11.9. The molecule has 0 fully saturated rings. The van der Waals surface area contributed by atoms with E-state index in [1.807, 2.05) is 66.7 Å². The maximum atomic E-state index is 13.5. The molecule has 0 spiro atoms. The van der Waals surface area contributed by atoms with Gasteiger partial charge in [0.15, 0.2) is 5.78 Å². The van der Waals surface area contributed by atoms with Gasteiger partial charge in [0.05, 0.1) is 18.4 Å². The van der Waals surface area contributed by atoms with Crippen molar-refractivity contribution in [3.63, 3.8) is 0 Å². The van der Waals surface area contributed by atoms with E-state index in [0.29, 0.717) is 42.1 Å². The Morgan fingerprint density at radius 1 is 0.944 bits per heavy atom. The molecular formula is C29H25ClN4O2. The molecular weight excluding hydrogens is 472 g/mol. The van der Waals surface area contributed by atoms with Crippen LogP contribution in [0.15, 0.2) is 90.1 Å². The van der Waals surface area contributed by atoms with Crippen LogP contribution in [0.1, 0.15) is 23.4 Å². The highest BCUT2D eigenvalue weighted by atomic mass is 35.5. The fourth-order valence-corrected chi connectivity index (χ4v) is 4.56. The average molecular weight is 497 g/mol. The number of hydrogen-bond acceptors (Lipinski definition) is 4. The molecule has 1 N–H and O–H groups in total. The molecule has 5 aromatic rings. The van der Waals surface area contributed by atoms with Crippen LogP contribution in [0.5, 0.6) is 0 Å². The number of aryl methyl sites for hydroxylation is 3. The Morgan fingerprint density at radius 3 is 2.61 bits per heavy atom. The van der Waals surface area contributed by atoms with Gasteiger partial charge in [0, 0.05) is 40.4 Å². The summed E-state index contributed by atoms with van der Waals surface area (Å²) in [6.07, 6.45) is 7.21. The van der Waals surface area contributed by atoms with Crippen LogP contribution in [0.25, 0.3) is 22.2 Å². The number of fused-ring (bicyclic) bond motifs is 1. The SMILES string of the molecule is O=C(CCc1cc2cnccc2[nH]1)Cn1c(-c2ccccc2)cnc(CCc2cccc(Cl)c2)c1=O. The minimum atomic E-state index is -0.233. The van der Waals surface area contributed by atoms with Crippen molar-refractivity contribution in [1.82, 2.24) is 19.5 Å². The number of carbonyl (C=O) groups excluding carboxylic acids is 1. The van der Waals surface area contributed by atoms with Gasteiger partial charge in [0.2, 0.25) is 0 Å². The monoisotopic (exact) mass is 496 g/mol. The lowest BCUT2D eigenvalue weighted by atomic mass is 10.1. The third-order valence-electron chi connectivity index (χ3n) is 6.22. The van der Waals surface area contributed by atoms with Crippen molar-refractivity contribution in [3.05, 3.63) is 118 Å². The van der Waals surface area contributed by atoms with Crippen molar-refractivity contribution in [3.8, 4) is 11.3 Å². The van der Waals surface area contributed by atoms with Crippen LogP contribution in [0, 0.1) is 0 Å². The molecule has 0 bridgehead atoms. The Bertz CT molecular complexity index is 1540. The van der Waals surface area contributed by atoms with Crippen molar-refractivity contribution in [2.75, 3.05) is 0 Å². The van der Waals surface area contributed by atoms with Crippen LogP contribution < -0.4 is 5.56 Å². The van der Waals surface area contributed by atoms with Crippen LogP contribution in [-0.4, -0.2) is 25.3 Å². The van der Waals surface area contributed by atoms with E-state index in [0.717, 1.165) is 27.7 Å². The molecule has 36 heavy (non-hydrogen) atoms. The van der Waals surface area contributed by atoms with E-state index < -0.39 is 0 Å². The average Bonchev–Trinajstić information content (AvgIpc) is 3.32. The molecule has 2 aromatic carbocycles. The van der Waals surface area contributed by atoms with Gasteiger partial charge in [-0.15, -0.1) is 0 Å². The first-order chi connectivity index (χ1) is 17.6. The van der Waals surface area contributed by atoms with Gasteiger partial charge in [-0.2, -0.15) is 0 Å². The number of ketones is 1. The van der Waals surface area contributed by atoms with Crippen LogP contribution in [0.2, 0.25) is 5.02 Å². The van der Waals surface area contributed by atoms with Crippen LogP contribution in [0.4, 0.5) is 0 Å². The number of H-pyrrole nitrogens is 1. The van der Waals surface area contributed by atoms with E-state index in [-0.39, 0.29) is 17.9 Å². The highest BCUT2D eigenvalue weighted by Gasteiger charge is 2.15. The molecule has 7 heteroatoms. The summed E-state index contributed by atoms with van der Waals surface area (Å²) in [7, 11) is 0. The Morgan fingerprint density at radius 2 is 1.81 bits per heavy atom. The lowest BCUT2D eigenvalue weighted by molar-refractivity contribution is -0.119. The lowest BCUT2D eigenvalue weighted by Gasteiger charge is -2.14. The molecule has 0 radical (unpaired) electrons. The first kappa shape index (κ1) is 23.7. The number of nitrogens with one attached hydrogen (secondary N) is 1. The number of nitrogens with zero attached hydrogens (tertiary/aromatic N) is 3. The van der Waals surface area contributed by atoms with Gasteiger partial charge in [-0.05, 0) is 54.7 Å². The summed E-state index contributed by atoms with van der Waals surface area (Å²) in [5, 5.41) is 1.68. The van der Waals surface area contributed by atoms with E-state index in [2.05, 4.69) is 15.0 Å². The summed E-state index contributed by atoms with van der Waals surface area (Å²) >= 11 is 6.10. The second kappa shape index (κ2) is 10.7. The third-order valence-corrected chi connectivity index (χ3v) is 6.45. The van der Waals surface area contributed by atoms with Crippen LogP contribution in [-0.2, 0) is 30.6 Å². The van der Waals surface area contributed by atoms with Crippen LogP contribution in [0.3, 0.4) is 0 Å². The highest BCUT2D eigenvalue weighted by Crippen LogP contribution is 2.19. The van der Waals surface area contributed by atoms with Gasteiger partial charge in [-0.1, -0.05) is 54.1 Å². The summed E-state index contributed by atoms with van der Waals surface area (Å²) in [6.45, 7) is -0.00245. The minimum Gasteiger partial charge on any atom is -0.358 e. The molecule has 3 heterocycles. The quantitative estimate of drug-likeness (QED) is 0.295. The van der Waals surface area contributed by atoms with Crippen molar-refractivity contribution in [2.45, 2.75) is 32.2 Å². The fourth-order valence-electron chi connectivity index (χ4n) is 4.35. The summed E-state index contributed by atoms with van der Waals surface area (Å²) in [6, 6.07) is 21.1. The smallest absolute Gasteiger partial charge is 0.273 e. The molecule has 0 unspecified atom stereocenters. The lowest BCUT2D eigenvalue weighted by Crippen LogP contribution is -2.30. The molecule has 0 aliphatic heterocycles. The Balaban J connectivity index is 1.37. The number of hydrogen-bond donors (Lipinski definition) is 1. The molecule has 3 aromatic heterocycles. The maximum absolute atomic E-state index is 13.5. The second-order valence-electron chi connectivity index (χ2n) is 8.77. The zero-order valence-electron chi connectivity index (χ0n) is 19.7. The molecule has 0 saturated heterocycles. The Kier molecular flexibility index (Phi) is 7.05. The van der Waals surface area contributed by atoms with Crippen molar-refractivity contribution in [2.24, 2.45) is 0 Å². The maximum Gasteiger partial charge on any atom is 0.273 e. The third kappa shape index (κ3) is 5.44. The van der Waals surface area contributed by atoms with E-state index in [9.17, 15) is 9.59 Å². The zero-order chi connectivity index (χ0) is 24.9.